The van der Waals surface area contributed by atoms with Gasteiger partial charge in [0.1, 0.15) is 6.10 Å². The van der Waals surface area contributed by atoms with Crippen LogP contribution >= 0.6 is 0 Å². The second-order valence-corrected chi connectivity index (χ2v) is 5.58. The Balaban J connectivity index is 1.92. The molecule has 0 aliphatic carbocycles. The van der Waals surface area contributed by atoms with Gasteiger partial charge in [0.05, 0.1) is 11.1 Å². The second kappa shape index (κ2) is 8.47. The first-order valence-corrected chi connectivity index (χ1v) is 7.90. The number of halogens is 3. The third-order valence-corrected chi connectivity index (χ3v) is 3.72. The molecule has 0 heterocycles. The number of carbonyl (C=O) groups excluding carboxylic acids is 2. The van der Waals surface area contributed by atoms with Crippen LogP contribution in [-0.4, -0.2) is 17.9 Å². The van der Waals surface area contributed by atoms with Crippen LogP contribution in [0.2, 0.25) is 0 Å². The quantitative estimate of drug-likeness (QED) is 0.392. The molecule has 0 amide bonds. The van der Waals surface area contributed by atoms with Crippen LogP contribution in [0.5, 0.6) is 0 Å². The molecule has 0 aromatic heterocycles. The van der Waals surface area contributed by atoms with Crippen molar-refractivity contribution in [3.05, 3.63) is 83.9 Å². The SMILES string of the molecule is C=CC(CCC(=O)c1ccc(C(F)(F)F)cc1)OC(=O)c1ccccc1. The molecule has 1 unspecified atom stereocenters. The van der Waals surface area contributed by atoms with Crippen LogP contribution in [0.3, 0.4) is 0 Å². The summed E-state index contributed by atoms with van der Waals surface area (Å²) >= 11 is 0. The van der Waals surface area contributed by atoms with E-state index in [2.05, 4.69) is 6.58 Å². The maximum absolute atomic E-state index is 12.5. The van der Waals surface area contributed by atoms with Crippen molar-refractivity contribution in [2.45, 2.75) is 25.1 Å². The molecule has 0 bridgehead atoms. The molecule has 0 aliphatic rings. The van der Waals surface area contributed by atoms with Crippen molar-refractivity contribution in [2.24, 2.45) is 0 Å². The van der Waals surface area contributed by atoms with Crippen LogP contribution in [0.25, 0.3) is 0 Å². The van der Waals surface area contributed by atoms with E-state index in [9.17, 15) is 22.8 Å². The normalized spacial score (nSPS) is 12.3. The maximum Gasteiger partial charge on any atom is 0.416 e. The van der Waals surface area contributed by atoms with Crippen LogP contribution in [0.15, 0.2) is 67.3 Å². The Morgan fingerprint density at radius 1 is 1.00 bits per heavy atom. The molecule has 0 saturated heterocycles. The Morgan fingerprint density at radius 2 is 1.62 bits per heavy atom. The Labute approximate surface area is 149 Å². The average Bonchev–Trinajstić information content (AvgIpc) is 2.64. The number of Topliss-reactive ketones (excluding diaryl/α,β-unsaturated/α-hetero) is 1. The van der Waals surface area contributed by atoms with E-state index in [1.165, 1.54) is 6.08 Å². The highest BCUT2D eigenvalue weighted by molar-refractivity contribution is 5.96. The summed E-state index contributed by atoms with van der Waals surface area (Å²) in [7, 11) is 0. The van der Waals surface area contributed by atoms with E-state index >= 15 is 0 Å². The predicted octanol–water partition coefficient (Wildman–Crippen LogP) is 5.08. The van der Waals surface area contributed by atoms with Gasteiger partial charge in [-0.05, 0) is 30.7 Å². The highest BCUT2D eigenvalue weighted by atomic mass is 19.4. The summed E-state index contributed by atoms with van der Waals surface area (Å²) < 4.78 is 42.9. The Kier molecular flexibility index (Phi) is 6.33. The lowest BCUT2D eigenvalue weighted by Gasteiger charge is -2.14. The minimum atomic E-state index is -4.44. The maximum atomic E-state index is 12.5. The number of rotatable bonds is 7. The van der Waals surface area contributed by atoms with Crippen molar-refractivity contribution in [1.82, 2.24) is 0 Å². The van der Waals surface area contributed by atoms with Crippen molar-refractivity contribution in [3.8, 4) is 0 Å². The summed E-state index contributed by atoms with van der Waals surface area (Å²) in [4.78, 5) is 24.1. The largest absolute Gasteiger partial charge is 0.455 e. The third kappa shape index (κ3) is 5.31. The van der Waals surface area contributed by atoms with Gasteiger partial charge in [-0.1, -0.05) is 43.0 Å². The third-order valence-electron chi connectivity index (χ3n) is 3.72. The van der Waals surface area contributed by atoms with Gasteiger partial charge >= 0.3 is 12.1 Å². The van der Waals surface area contributed by atoms with E-state index in [1.54, 1.807) is 30.3 Å². The molecule has 136 valence electrons. The molecular formula is C20H17F3O3. The van der Waals surface area contributed by atoms with Gasteiger partial charge in [0.15, 0.2) is 5.78 Å². The first-order chi connectivity index (χ1) is 12.3. The molecule has 2 aromatic carbocycles. The molecule has 2 aromatic rings. The molecule has 0 spiro atoms. The Bertz CT molecular complexity index is 765. The second-order valence-electron chi connectivity index (χ2n) is 5.58. The zero-order chi connectivity index (χ0) is 19.2. The van der Waals surface area contributed by atoms with Gasteiger partial charge in [-0.15, -0.1) is 0 Å². The van der Waals surface area contributed by atoms with E-state index < -0.39 is 23.8 Å². The fraction of sp³-hybridized carbons (Fsp3) is 0.200. The number of hydrogen-bond acceptors (Lipinski definition) is 3. The summed E-state index contributed by atoms with van der Waals surface area (Å²) in [6.07, 6.45) is -3.48. The number of ether oxygens (including phenoxy) is 1. The number of carbonyl (C=O) groups is 2. The van der Waals surface area contributed by atoms with E-state index in [4.69, 9.17) is 4.74 Å². The van der Waals surface area contributed by atoms with Crippen molar-refractivity contribution in [3.63, 3.8) is 0 Å². The molecule has 0 radical (unpaired) electrons. The summed E-state index contributed by atoms with van der Waals surface area (Å²) in [5.74, 6) is -0.862. The first kappa shape index (κ1) is 19.4. The van der Waals surface area contributed by atoms with Crippen LogP contribution < -0.4 is 0 Å². The lowest BCUT2D eigenvalue weighted by Crippen LogP contribution is -2.17. The fourth-order valence-corrected chi connectivity index (χ4v) is 2.27. The van der Waals surface area contributed by atoms with Crippen molar-refractivity contribution >= 4 is 11.8 Å². The fourth-order valence-electron chi connectivity index (χ4n) is 2.27. The zero-order valence-corrected chi connectivity index (χ0v) is 13.8. The van der Waals surface area contributed by atoms with E-state index in [0.29, 0.717) is 5.56 Å². The van der Waals surface area contributed by atoms with Crippen LogP contribution in [0.1, 0.15) is 39.1 Å². The van der Waals surface area contributed by atoms with Crippen molar-refractivity contribution < 1.29 is 27.5 Å². The summed E-state index contributed by atoms with van der Waals surface area (Å²) in [5.41, 5.74) is -0.251. The minimum absolute atomic E-state index is 0.0180. The molecule has 0 fully saturated rings. The zero-order valence-electron chi connectivity index (χ0n) is 13.8. The molecule has 1 atom stereocenters. The van der Waals surface area contributed by atoms with Gasteiger partial charge in [0, 0.05) is 12.0 Å². The lowest BCUT2D eigenvalue weighted by molar-refractivity contribution is -0.137. The highest BCUT2D eigenvalue weighted by Crippen LogP contribution is 2.29. The number of esters is 1. The van der Waals surface area contributed by atoms with Gasteiger partial charge in [-0.25, -0.2) is 4.79 Å². The van der Waals surface area contributed by atoms with Gasteiger partial charge < -0.3 is 4.74 Å². The summed E-state index contributed by atoms with van der Waals surface area (Å²) in [6.45, 7) is 3.58. The number of benzene rings is 2. The van der Waals surface area contributed by atoms with Gasteiger partial charge in [0.2, 0.25) is 0 Å². The van der Waals surface area contributed by atoms with Gasteiger partial charge in [-0.3, -0.25) is 4.79 Å². The molecule has 0 N–H and O–H groups in total. The van der Waals surface area contributed by atoms with E-state index in [-0.39, 0.29) is 24.2 Å². The standard InChI is InChI=1S/C20H17F3O3/c1-2-17(26-19(25)15-6-4-3-5-7-15)12-13-18(24)14-8-10-16(11-9-14)20(21,22)23/h2-11,17H,1,12-13H2. The van der Waals surface area contributed by atoms with Gasteiger partial charge in [0.25, 0.3) is 0 Å². The molecule has 6 heteroatoms. The Hall–Kier alpha value is -2.89. The monoisotopic (exact) mass is 362 g/mol. The van der Waals surface area contributed by atoms with Crippen molar-refractivity contribution in [2.75, 3.05) is 0 Å². The van der Waals surface area contributed by atoms with Crippen molar-refractivity contribution in [1.29, 1.82) is 0 Å². The van der Waals surface area contributed by atoms with Crippen LogP contribution in [-0.2, 0) is 10.9 Å². The minimum Gasteiger partial charge on any atom is -0.455 e. The number of hydrogen-bond donors (Lipinski definition) is 0. The van der Waals surface area contributed by atoms with Crippen LogP contribution in [0.4, 0.5) is 13.2 Å². The first-order valence-electron chi connectivity index (χ1n) is 7.90. The molecule has 0 saturated carbocycles. The lowest BCUT2D eigenvalue weighted by atomic mass is 10.0. The average molecular weight is 362 g/mol. The number of ketones is 1. The summed E-state index contributed by atoms with van der Waals surface area (Å²) in [5, 5.41) is 0. The van der Waals surface area contributed by atoms with Gasteiger partial charge in [-0.2, -0.15) is 13.2 Å². The molecule has 26 heavy (non-hydrogen) atoms. The predicted molar refractivity (Wildman–Crippen MR) is 90.9 cm³/mol. The molecular weight excluding hydrogens is 345 g/mol. The molecule has 0 aliphatic heterocycles. The van der Waals surface area contributed by atoms with E-state index in [0.717, 1.165) is 24.3 Å². The topological polar surface area (TPSA) is 43.4 Å². The molecule has 3 nitrogen and oxygen atoms in total. The molecule has 2 rings (SSSR count). The Morgan fingerprint density at radius 3 is 2.15 bits per heavy atom. The van der Waals surface area contributed by atoms with E-state index in [1.807, 2.05) is 0 Å². The smallest absolute Gasteiger partial charge is 0.416 e. The van der Waals surface area contributed by atoms with Crippen LogP contribution in [0, 0.1) is 0 Å². The summed E-state index contributed by atoms with van der Waals surface area (Å²) in [6, 6.07) is 12.4. The number of alkyl halides is 3. The highest BCUT2D eigenvalue weighted by Gasteiger charge is 2.30.